The number of ether oxygens (including phenoxy) is 1. The highest BCUT2D eigenvalue weighted by Crippen LogP contribution is 2.24. The number of nitrogens with one attached hydrogen (secondary N) is 1. The predicted molar refractivity (Wildman–Crippen MR) is 99.1 cm³/mol. The molecule has 2 aliphatic rings. The van der Waals surface area contributed by atoms with E-state index in [0.29, 0.717) is 12.3 Å². The first-order chi connectivity index (χ1) is 12.8. The van der Waals surface area contributed by atoms with E-state index in [1.165, 1.54) is 25.7 Å². The van der Waals surface area contributed by atoms with Gasteiger partial charge in [0.2, 0.25) is 0 Å². The Labute approximate surface area is 154 Å². The van der Waals surface area contributed by atoms with Gasteiger partial charge in [-0.1, -0.05) is 31.0 Å². The van der Waals surface area contributed by atoms with Crippen molar-refractivity contribution in [3.63, 3.8) is 0 Å². The second-order valence-electron chi connectivity index (χ2n) is 7.15. The minimum absolute atomic E-state index is 0.0123. The summed E-state index contributed by atoms with van der Waals surface area (Å²) in [6, 6.07) is 12.2. The quantitative estimate of drug-likeness (QED) is 0.897. The maximum Gasteiger partial charge on any atom is 0.274 e. The zero-order valence-corrected chi connectivity index (χ0v) is 15.1. The van der Waals surface area contributed by atoms with Crippen LogP contribution in [0.5, 0.6) is 5.75 Å². The molecule has 1 saturated heterocycles. The van der Waals surface area contributed by atoms with E-state index in [-0.39, 0.29) is 5.91 Å². The van der Waals surface area contributed by atoms with Gasteiger partial charge in [0.25, 0.3) is 5.91 Å². The predicted octanol–water partition coefficient (Wildman–Crippen LogP) is 2.69. The topological polar surface area (TPSA) is 61.5 Å². The molecule has 1 saturated carbocycles. The van der Waals surface area contributed by atoms with Crippen molar-refractivity contribution in [2.75, 3.05) is 26.2 Å². The molecule has 0 unspecified atom stereocenters. The minimum Gasteiger partial charge on any atom is -0.487 e. The molecule has 6 nitrogen and oxygen atoms in total. The summed E-state index contributed by atoms with van der Waals surface area (Å²) in [5, 5.41) is 7.11. The summed E-state index contributed by atoms with van der Waals surface area (Å²) in [6.07, 6.45) is 5.34. The van der Waals surface area contributed by atoms with Crippen molar-refractivity contribution in [2.24, 2.45) is 0 Å². The lowest BCUT2D eigenvalue weighted by Gasteiger charge is -2.37. The maximum absolute atomic E-state index is 12.7. The first-order valence-corrected chi connectivity index (χ1v) is 9.55. The molecule has 138 valence electrons. The zero-order chi connectivity index (χ0) is 17.8. The van der Waals surface area contributed by atoms with Crippen LogP contribution in [0.3, 0.4) is 0 Å². The summed E-state index contributed by atoms with van der Waals surface area (Å²) in [5.74, 6) is 0.816. The molecule has 4 rings (SSSR count). The van der Waals surface area contributed by atoms with Gasteiger partial charge in [0.15, 0.2) is 5.69 Å². The Balaban J connectivity index is 1.29. The number of benzene rings is 1. The van der Waals surface area contributed by atoms with Crippen LogP contribution in [-0.2, 0) is 6.61 Å². The fourth-order valence-electron chi connectivity index (χ4n) is 3.94. The number of nitrogens with zero attached hydrogens (tertiary/aromatic N) is 3. The van der Waals surface area contributed by atoms with E-state index in [1.807, 2.05) is 35.2 Å². The number of hydrogen-bond donors (Lipinski definition) is 1. The van der Waals surface area contributed by atoms with Gasteiger partial charge >= 0.3 is 0 Å². The second kappa shape index (κ2) is 7.91. The minimum atomic E-state index is 0.0123. The lowest BCUT2D eigenvalue weighted by atomic mass is 10.1. The first kappa shape index (κ1) is 17.1. The van der Waals surface area contributed by atoms with Crippen LogP contribution in [0.2, 0.25) is 0 Å². The molecule has 1 aliphatic carbocycles. The molecular weight excluding hydrogens is 328 g/mol. The van der Waals surface area contributed by atoms with E-state index in [1.54, 1.807) is 6.07 Å². The number of rotatable bonds is 5. The Hall–Kier alpha value is -2.34. The van der Waals surface area contributed by atoms with Gasteiger partial charge in [0.1, 0.15) is 12.4 Å². The summed E-state index contributed by atoms with van der Waals surface area (Å²) < 4.78 is 5.70. The SMILES string of the molecule is O=C(c1cc(COc2ccccc2)[nH]n1)N1CCN(C2CCCC2)CC1. The van der Waals surface area contributed by atoms with Gasteiger partial charge in [-0.2, -0.15) is 5.10 Å². The Morgan fingerprint density at radius 2 is 1.85 bits per heavy atom. The standard InChI is InChI=1S/C20H26N4O2/c25-20(24-12-10-23(11-13-24)17-6-4-5-7-17)19-14-16(21-22-19)15-26-18-8-2-1-3-9-18/h1-3,8-9,14,17H,4-7,10-13,15H2,(H,21,22). The molecule has 6 heteroatoms. The molecule has 0 spiro atoms. The molecule has 1 N–H and O–H groups in total. The van der Waals surface area contributed by atoms with Crippen molar-refractivity contribution in [1.29, 1.82) is 0 Å². The van der Waals surface area contributed by atoms with Crippen molar-refractivity contribution < 1.29 is 9.53 Å². The highest BCUT2D eigenvalue weighted by atomic mass is 16.5. The zero-order valence-electron chi connectivity index (χ0n) is 15.1. The van der Waals surface area contributed by atoms with Crippen LogP contribution in [0.1, 0.15) is 41.9 Å². The number of piperazine rings is 1. The maximum atomic E-state index is 12.7. The van der Waals surface area contributed by atoms with E-state index in [0.717, 1.165) is 43.7 Å². The van der Waals surface area contributed by atoms with E-state index in [4.69, 9.17) is 4.74 Å². The second-order valence-corrected chi connectivity index (χ2v) is 7.15. The van der Waals surface area contributed by atoms with Crippen LogP contribution in [0.25, 0.3) is 0 Å². The molecule has 1 aliphatic heterocycles. The van der Waals surface area contributed by atoms with Gasteiger partial charge in [-0.25, -0.2) is 0 Å². The molecule has 2 fully saturated rings. The largest absolute Gasteiger partial charge is 0.487 e. The third-order valence-electron chi connectivity index (χ3n) is 5.43. The van der Waals surface area contributed by atoms with E-state index < -0.39 is 0 Å². The van der Waals surface area contributed by atoms with E-state index in [9.17, 15) is 4.79 Å². The van der Waals surface area contributed by atoms with Crippen molar-refractivity contribution in [3.8, 4) is 5.75 Å². The fraction of sp³-hybridized carbons (Fsp3) is 0.500. The first-order valence-electron chi connectivity index (χ1n) is 9.55. The molecule has 1 aromatic heterocycles. The molecule has 0 bridgehead atoms. The number of H-pyrrole nitrogens is 1. The summed E-state index contributed by atoms with van der Waals surface area (Å²) in [5.41, 5.74) is 1.28. The van der Waals surface area contributed by atoms with Crippen molar-refractivity contribution in [2.45, 2.75) is 38.3 Å². The molecule has 1 aromatic carbocycles. The van der Waals surface area contributed by atoms with Crippen LogP contribution in [0, 0.1) is 0 Å². The highest BCUT2D eigenvalue weighted by molar-refractivity contribution is 5.92. The summed E-state index contributed by atoms with van der Waals surface area (Å²) >= 11 is 0. The van der Waals surface area contributed by atoms with Crippen LogP contribution in [0.15, 0.2) is 36.4 Å². The van der Waals surface area contributed by atoms with E-state index >= 15 is 0 Å². The number of hydrogen-bond acceptors (Lipinski definition) is 4. The molecule has 2 aromatic rings. The van der Waals surface area contributed by atoms with Gasteiger partial charge in [0, 0.05) is 32.2 Å². The third kappa shape index (κ3) is 3.90. The Kier molecular flexibility index (Phi) is 5.20. The van der Waals surface area contributed by atoms with Crippen LogP contribution >= 0.6 is 0 Å². The van der Waals surface area contributed by atoms with Gasteiger partial charge in [-0.05, 0) is 31.0 Å². The monoisotopic (exact) mass is 354 g/mol. The molecule has 1 amide bonds. The van der Waals surface area contributed by atoms with Gasteiger partial charge in [-0.3, -0.25) is 14.8 Å². The smallest absolute Gasteiger partial charge is 0.274 e. The van der Waals surface area contributed by atoms with Crippen LogP contribution in [0.4, 0.5) is 0 Å². The average Bonchev–Trinajstić information content (AvgIpc) is 3.39. The lowest BCUT2D eigenvalue weighted by Crippen LogP contribution is -2.51. The third-order valence-corrected chi connectivity index (χ3v) is 5.43. The molecular formula is C20H26N4O2. The molecule has 0 radical (unpaired) electrons. The molecule has 26 heavy (non-hydrogen) atoms. The van der Waals surface area contributed by atoms with Gasteiger partial charge < -0.3 is 9.64 Å². The number of carbonyl (C=O) groups is 1. The van der Waals surface area contributed by atoms with Crippen LogP contribution < -0.4 is 4.74 Å². The summed E-state index contributed by atoms with van der Waals surface area (Å²) in [7, 11) is 0. The van der Waals surface area contributed by atoms with Crippen LogP contribution in [-0.4, -0.2) is 58.1 Å². The summed E-state index contributed by atoms with van der Waals surface area (Å²) in [4.78, 5) is 17.2. The highest BCUT2D eigenvalue weighted by Gasteiger charge is 2.28. The number of para-hydroxylation sites is 1. The number of aromatic nitrogens is 2. The summed E-state index contributed by atoms with van der Waals surface area (Å²) in [6.45, 7) is 3.91. The van der Waals surface area contributed by atoms with Crippen molar-refractivity contribution >= 4 is 5.91 Å². The van der Waals surface area contributed by atoms with E-state index in [2.05, 4.69) is 15.1 Å². The Morgan fingerprint density at radius 1 is 1.12 bits per heavy atom. The van der Waals surface area contributed by atoms with Gasteiger partial charge in [-0.15, -0.1) is 0 Å². The number of aromatic amines is 1. The van der Waals surface area contributed by atoms with Crippen molar-refractivity contribution in [3.05, 3.63) is 47.8 Å². The average molecular weight is 354 g/mol. The van der Waals surface area contributed by atoms with Gasteiger partial charge in [0.05, 0.1) is 5.69 Å². The lowest BCUT2D eigenvalue weighted by molar-refractivity contribution is 0.0568. The fourth-order valence-corrected chi connectivity index (χ4v) is 3.94. The number of amides is 1. The molecule has 0 atom stereocenters. The normalized spacial score (nSPS) is 19.0. The Bertz CT molecular complexity index is 716. The Morgan fingerprint density at radius 3 is 2.58 bits per heavy atom. The number of carbonyl (C=O) groups excluding carboxylic acids is 1. The molecule has 2 heterocycles. The van der Waals surface area contributed by atoms with Crippen molar-refractivity contribution in [1.82, 2.24) is 20.0 Å².